The second-order valence-electron chi connectivity index (χ2n) is 4.71. The molecule has 1 radical (unpaired) electrons. The average molecular weight is 450 g/mol. The number of anilines is 1. The van der Waals surface area contributed by atoms with Crippen LogP contribution in [0.4, 0.5) is 5.88 Å². The number of nitrogens with zero attached hydrogens (tertiary/aromatic N) is 2. The minimum Gasteiger partial charge on any atom is -0.504 e. The molecule has 1 aromatic carbocycles. The maximum absolute atomic E-state index is 12.9. The Morgan fingerprint density at radius 3 is 2.50 bits per heavy atom. The summed E-state index contributed by atoms with van der Waals surface area (Å²) in [6, 6.07) is 6.86. The van der Waals surface area contributed by atoms with Crippen LogP contribution < -0.4 is 4.31 Å². The third-order valence-electron chi connectivity index (χ3n) is 3.39. The number of fused-ring (bicyclic) bond motifs is 1. The molecule has 8 heteroatoms. The van der Waals surface area contributed by atoms with Crippen LogP contribution in [0.2, 0.25) is 0 Å². The number of benzene rings is 1. The van der Waals surface area contributed by atoms with Crippen molar-refractivity contribution in [1.29, 1.82) is 0 Å². The number of aryl methyl sites for hydroxylation is 1. The molecule has 26 heavy (non-hydrogen) atoms. The maximum Gasteiger partial charge on any atom is 0.271 e. The topological polar surface area (TPSA) is 83.6 Å². The summed E-state index contributed by atoms with van der Waals surface area (Å²) < 4.78 is 31.7. The number of sulfonamides is 1. The van der Waals surface area contributed by atoms with Crippen LogP contribution in [0.1, 0.15) is 30.7 Å². The Kier molecular flexibility index (Phi) is 9.29. The third-order valence-corrected chi connectivity index (χ3v) is 5.19. The molecule has 1 aromatic heterocycles. The third kappa shape index (κ3) is 4.03. The Bertz CT molecular complexity index is 927. The van der Waals surface area contributed by atoms with Crippen LogP contribution in [-0.4, -0.2) is 25.1 Å². The number of aromatic nitrogens is 1. The summed E-state index contributed by atoms with van der Waals surface area (Å²) in [5.41, 5.74) is 1.17. The van der Waals surface area contributed by atoms with Gasteiger partial charge in [0, 0.05) is 38.3 Å². The first-order valence-electron chi connectivity index (χ1n) is 7.37. The van der Waals surface area contributed by atoms with E-state index in [4.69, 9.17) is 10.8 Å². The molecule has 0 unspecified atom stereocenters. The van der Waals surface area contributed by atoms with E-state index in [2.05, 4.69) is 10.9 Å². The van der Waals surface area contributed by atoms with Gasteiger partial charge in [0.1, 0.15) is 4.91 Å². The zero-order chi connectivity index (χ0) is 17.9. The van der Waals surface area contributed by atoms with E-state index in [0.29, 0.717) is 11.1 Å². The largest absolute Gasteiger partial charge is 0.504 e. The zero-order valence-corrected chi connectivity index (χ0v) is 18.9. The van der Waals surface area contributed by atoms with Crippen molar-refractivity contribution in [2.45, 2.75) is 20.8 Å². The minimum absolute atomic E-state index is 0. The molecule has 0 bridgehead atoms. The van der Waals surface area contributed by atoms with E-state index in [9.17, 15) is 13.5 Å². The summed E-state index contributed by atoms with van der Waals surface area (Å²) in [5, 5.41) is 10.4. The molecule has 137 valence electrons. The van der Waals surface area contributed by atoms with E-state index in [1.54, 1.807) is 31.2 Å². The monoisotopic (exact) mass is 450 g/mol. The molecule has 1 aliphatic heterocycles. The molecule has 0 saturated heterocycles. The first kappa shape index (κ1) is 24.4. The zero-order valence-electron chi connectivity index (χ0n) is 15.2. The molecular weight excluding hydrogens is 429 g/mol. The molecule has 3 rings (SSSR count). The number of oxazole rings is 1. The van der Waals surface area contributed by atoms with Gasteiger partial charge in [-0.1, -0.05) is 44.0 Å². The molecular formula is C18H21N2O4SY-. The molecule has 0 atom stereocenters. The number of hydrogen-bond donors (Lipinski definition) is 1. The molecule has 1 N–H and O–H groups in total. The van der Waals surface area contributed by atoms with Crippen LogP contribution in [0, 0.1) is 26.7 Å². The van der Waals surface area contributed by atoms with Gasteiger partial charge in [-0.3, -0.25) is 0 Å². The van der Waals surface area contributed by atoms with Crippen molar-refractivity contribution in [2.75, 3.05) is 10.8 Å². The van der Waals surface area contributed by atoms with Crippen LogP contribution >= 0.6 is 0 Å². The number of rotatable bonds is 2. The van der Waals surface area contributed by atoms with Gasteiger partial charge in [0.25, 0.3) is 10.0 Å². The second kappa shape index (κ2) is 9.91. The maximum atomic E-state index is 12.9. The molecule has 0 fully saturated rings. The summed E-state index contributed by atoms with van der Waals surface area (Å²) in [7, 11) is -4.05. The molecule has 0 aliphatic carbocycles. The van der Waals surface area contributed by atoms with Crippen molar-refractivity contribution in [3.63, 3.8) is 0 Å². The van der Waals surface area contributed by atoms with E-state index in [1.807, 2.05) is 13.8 Å². The minimum atomic E-state index is -4.05. The van der Waals surface area contributed by atoms with Gasteiger partial charge in [0.05, 0.1) is 6.54 Å². The van der Waals surface area contributed by atoms with E-state index in [-0.39, 0.29) is 63.2 Å². The van der Waals surface area contributed by atoms with Gasteiger partial charge in [-0.2, -0.15) is 0 Å². The van der Waals surface area contributed by atoms with Crippen molar-refractivity contribution in [1.82, 2.24) is 4.98 Å². The van der Waals surface area contributed by atoms with Crippen molar-refractivity contribution in [3.05, 3.63) is 54.9 Å². The number of aliphatic hydroxyl groups is 1. The van der Waals surface area contributed by atoms with E-state index in [1.165, 1.54) is 0 Å². The fourth-order valence-electron chi connectivity index (χ4n) is 2.36. The molecule has 0 saturated carbocycles. The molecule has 6 nitrogen and oxygen atoms in total. The predicted octanol–water partition coefficient (Wildman–Crippen LogP) is 3.62. The van der Waals surface area contributed by atoms with E-state index < -0.39 is 15.8 Å². The van der Waals surface area contributed by atoms with Crippen LogP contribution in [0.15, 0.2) is 35.1 Å². The SMILES string of the molecule is C#CCN1c2ocnc2C(O)=C(c2ccccc2C)S1(=O)=O.CC.[CH3-].[Y]. The smallest absolute Gasteiger partial charge is 0.271 e. The fourth-order valence-corrected chi connectivity index (χ4v) is 4.02. The van der Waals surface area contributed by atoms with Gasteiger partial charge in [-0.15, -0.1) is 6.42 Å². The Hall–Kier alpha value is -1.62. The molecule has 0 amide bonds. The predicted molar refractivity (Wildman–Crippen MR) is 100.0 cm³/mol. The average Bonchev–Trinajstić information content (AvgIpc) is 3.04. The summed E-state index contributed by atoms with van der Waals surface area (Å²) >= 11 is 0. The second-order valence-corrected chi connectivity index (χ2v) is 6.51. The fraction of sp³-hybridized carbons (Fsp3) is 0.222. The van der Waals surface area contributed by atoms with Crippen molar-refractivity contribution in [2.24, 2.45) is 0 Å². The molecule has 1 aliphatic rings. The Labute approximate surface area is 180 Å². The number of hydrogen-bond acceptors (Lipinski definition) is 5. The van der Waals surface area contributed by atoms with Gasteiger partial charge >= 0.3 is 0 Å². The van der Waals surface area contributed by atoms with Gasteiger partial charge < -0.3 is 17.0 Å². The summed E-state index contributed by atoms with van der Waals surface area (Å²) in [5.74, 6) is 1.77. The first-order chi connectivity index (χ1) is 11.5. The first-order valence-corrected chi connectivity index (χ1v) is 8.81. The summed E-state index contributed by atoms with van der Waals surface area (Å²) in [6.45, 7) is 5.54. The standard InChI is InChI=1S/C15H12N2O4S.C2H6.CH3.Y/c1-3-8-17-15-12(16-9-21-15)13(18)14(22(17,19)20)11-7-5-4-6-10(11)2;1-2;;/h1,4-7,9,18H,8H2,2H3;1-2H3;1H3;/q;;-1;. The Morgan fingerprint density at radius 2 is 1.92 bits per heavy atom. The van der Waals surface area contributed by atoms with E-state index in [0.717, 1.165) is 10.7 Å². The normalized spacial score (nSPS) is 14.0. The summed E-state index contributed by atoms with van der Waals surface area (Å²) in [4.78, 5) is 3.67. The Balaban J connectivity index is 0.00000151. The van der Waals surface area contributed by atoms with Crippen molar-refractivity contribution in [3.8, 4) is 12.3 Å². The summed E-state index contributed by atoms with van der Waals surface area (Å²) in [6.07, 6.45) is 6.33. The molecule has 0 spiro atoms. The van der Waals surface area contributed by atoms with Crippen LogP contribution in [0.5, 0.6) is 0 Å². The van der Waals surface area contributed by atoms with Crippen LogP contribution in [0.25, 0.3) is 10.7 Å². The number of aliphatic hydroxyl groups excluding tert-OH is 1. The molecule has 2 aromatic rings. The van der Waals surface area contributed by atoms with Crippen molar-refractivity contribution >= 4 is 26.6 Å². The quantitative estimate of drug-likeness (QED) is 0.558. The van der Waals surface area contributed by atoms with Crippen molar-refractivity contribution < 1.29 is 50.7 Å². The van der Waals surface area contributed by atoms with Gasteiger partial charge in [0.15, 0.2) is 17.8 Å². The van der Waals surface area contributed by atoms with Crippen LogP contribution in [0.3, 0.4) is 0 Å². The van der Waals surface area contributed by atoms with Gasteiger partial charge in [0.2, 0.25) is 5.88 Å². The number of terminal acetylenes is 1. The Morgan fingerprint density at radius 1 is 1.31 bits per heavy atom. The molecule has 2 heterocycles. The van der Waals surface area contributed by atoms with Crippen LogP contribution in [-0.2, 0) is 42.7 Å². The van der Waals surface area contributed by atoms with Gasteiger partial charge in [-0.05, 0) is 12.5 Å². The van der Waals surface area contributed by atoms with E-state index >= 15 is 0 Å². The van der Waals surface area contributed by atoms with Gasteiger partial charge in [-0.25, -0.2) is 17.7 Å².